The fraction of sp³-hybridized carbons (Fsp3) is 0.333. The molecule has 0 aliphatic heterocycles. The zero-order valence-corrected chi connectivity index (χ0v) is 12.7. The van der Waals surface area contributed by atoms with Crippen molar-refractivity contribution >= 4 is 0 Å². The molecule has 1 atom stereocenters. The number of hydrogen-bond acceptors (Lipinski definition) is 3. The normalized spacial score (nSPS) is 12.1. The van der Waals surface area contributed by atoms with Gasteiger partial charge in [0, 0.05) is 12.6 Å². The van der Waals surface area contributed by atoms with E-state index in [1.165, 1.54) is 11.1 Å². The van der Waals surface area contributed by atoms with Gasteiger partial charge in [-0.15, -0.1) is 0 Å². The van der Waals surface area contributed by atoms with Gasteiger partial charge in [0.2, 0.25) is 0 Å². The summed E-state index contributed by atoms with van der Waals surface area (Å²) in [5.74, 6) is 1.21. The summed E-state index contributed by atoms with van der Waals surface area (Å²) in [5.41, 5.74) is 2.51. The third kappa shape index (κ3) is 5.12. The lowest BCUT2D eigenvalue weighted by Gasteiger charge is -2.14. The fourth-order valence-corrected chi connectivity index (χ4v) is 2.18. The zero-order chi connectivity index (χ0) is 15.1. The highest BCUT2D eigenvalue weighted by atomic mass is 16.5. The molecule has 3 nitrogen and oxygen atoms in total. The lowest BCUT2D eigenvalue weighted by Crippen LogP contribution is -2.25. The third-order valence-corrected chi connectivity index (χ3v) is 3.62. The van der Waals surface area contributed by atoms with Gasteiger partial charge in [-0.2, -0.15) is 0 Å². The number of phenols is 1. The molecule has 0 fully saturated rings. The average molecular weight is 285 g/mol. The Morgan fingerprint density at radius 2 is 1.62 bits per heavy atom. The Morgan fingerprint density at radius 1 is 1.00 bits per heavy atom. The first-order chi connectivity index (χ1) is 10.2. The van der Waals surface area contributed by atoms with Crippen LogP contribution in [-0.2, 0) is 13.0 Å². The Kier molecular flexibility index (Phi) is 5.64. The molecule has 3 heteroatoms. The molecule has 0 bridgehead atoms. The molecule has 112 valence electrons. The molecular formula is C18H23NO2. The van der Waals surface area contributed by atoms with Gasteiger partial charge in [-0.25, -0.2) is 0 Å². The summed E-state index contributed by atoms with van der Waals surface area (Å²) in [6.07, 6.45) is 2.08. The standard InChI is InChI=1S/C18H23NO2/c1-14(3-4-15-5-9-17(20)10-6-15)19-13-16-7-11-18(21-2)12-8-16/h5-12,14,19-20H,3-4,13H2,1-2H3/t14-/m0/s1. The first-order valence-corrected chi connectivity index (χ1v) is 7.31. The lowest BCUT2D eigenvalue weighted by molar-refractivity contribution is 0.414. The molecule has 0 aliphatic carbocycles. The van der Waals surface area contributed by atoms with E-state index in [-0.39, 0.29) is 0 Å². The largest absolute Gasteiger partial charge is 0.508 e. The van der Waals surface area contributed by atoms with Gasteiger partial charge in [0.15, 0.2) is 0 Å². The van der Waals surface area contributed by atoms with E-state index in [4.69, 9.17) is 4.74 Å². The van der Waals surface area contributed by atoms with Crippen molar-refractivity contribution in [1.82, 2.24) is 5.32 Å². The lowest BCUT2D eigenvalue weighted by atomic mass is 10.1. The van der Waals surface area contributed by atoms with Crippen LogP contribution >= 0.6 is 0 Å². The number of hydrogen-bond donors (Lipinski definition) is 2. The second-order valence-corrected chi connectivity index (χ2v) is 5.34. The van der Waals surface area contributed by atoms with Crippen LogP contribution in [0.2, 0.25) is 0 Å². The molecule has 0 heterocycles. The molecule has 0 spiro atoms. The van der Waals surface area contributed by atoms with Crippen molar-refractivity contribution < 1.29 is 9.84 Å². The van der Waals surface area contributed by atoms with Gasteiger partial charge in [0.05, 0.1) is 7.11 Å². The maximum atomic E-state index is 9.26. The molecule has 2 aromatic carbocycles. The van der Waals surface area contributed by atoms with Gasteiger partial charge in [-0.3, -0.25) is 0 Å². The summed E-state index contributed by atoms with van der Waals surface area (Å²) >= 11 is 0. The Hall–Kier alpha value is -2.00. The molecule has 2 N–H and O–H groups in total. The molecule has 21 heavy (non-hydrogen) atoms. The fourth-order valence-electron chi connectivity index (χ4n) is 2.18. The number of rotatable bonds is 7. The van der Waals surface area contributed by atoms with Crippen LogP contribution in [0.15, 0.2) is 48.5 Å². The first-order valence-electron chi connectivity index (χ1n) is 7.31. The van der Waals surface area contributed by atoms with E-state index in [2.05, 4.69) is 24.4 Å². The number of phenolic OH excluding ortho intramolecular Hbond substituents is 1. The maximum absolute atomic E-state index is 9.26. The summed E-state index contributed by atoms with van der Waals surface area (Å²) in [6.45, 7) is 3.06. The van der Waals surface area contributed by atoms with Crippen LogP contribution in [0.3, 0.4) is 0 Å². The second kappa shape index (κ2) is 7.70. The summed E-state index contributed by atoms with van der Waals surface area (Å²) in [5, 5.41) is 12.8. The Labute approximate surface area is 126 Å². The highest BCUT2D eigenvalue weighted by molar-refractivity contribution is 5.27. The predicted molar refractivity (Wildman–Crippen MR) is 85.7 cm³/mol. The van der Waals surface area contributed by atoms with Crippen molar-refractivity contribution in [2.45, 2.75) is 32.4 Å². The van der Waals surface area contributed by atoms with Gasteiger partial charge < -0.3 is 15.2 Å². The van der Waals surface area contributed by atoms with Crippen LogP contribution in [-0.4, -0.2) is 18.3 Å². The monoisotopic (exact) mass is 285 g/mol. The smallest absolute Gasteiger partial charge is 0.118 e. The molecule has 2 aromatic rings. The second-order valence-electron chi connectivity index (χ2n) is 5.34. The minimum atomic E-state index is 0.324. The van der Waals surface area contributed by atoms with Crippen LogP contribution < -0.4 is 10.1 Å². The van der Waals surface area contributed by atoms with E-state index < -0.39 is 0 Å². The van der Waals surface area contributed by atoms with Gasteiger partial charge in [0.25, 0.3) is 0 Å². The quantitative estimate of drug-likeness (QED) is 0.818. The SMILES string of the molecule is COc1ccc(CN[C@@H](C)CCc2ccc(O)cc2)cc1. The number of aryl methyl sites for hydroxylation is 1. The minimum Gasteiger partial charge on any atom is -0.508 e. The van der Waals surface area contributed by atoms with Crippen molar-refractivity contribution in [2.24, 2.45) is 0 Å². The van der Waals surface area contributed by atoms with Crippen molar-refractivity contribution in [1.29, 1.82) is 0 Å². The Morgan fingerprint density at radius 3 is 2.24 bits per heavy atom. The topological polar surface area (TPSA) is 41.5 Å². The van der Waals surface area contributed by atoms with Crippen molar-refractivity contribution in [3.8, 4) is 11.5 Å². The molecule has 0 radical (unpaired) electrons. The number of methoxy groups -OCH3 is 1. The van der Waals surface area contributed by atoms with Gasteiger partial charge in [0.1, 0.15) is 11.5 Å². The highest BCUT2D eigenvalue weighted by Crippen LogP contribution is 2.13. The molecule has 0 aromatic heterocycles. The van der Waals surface area contributed by atoms with E-state index in [1.807, 2.05) is 24.3 Å². The van der Waals surface area contributed by atoms with Gasteiger partial charge in [-0.1, -0.05) is 24.3 Å². The molecule has 0 amide bonds. The van der Waals surface area contributed by atoms with E-state index in [9.17, 15) is 5.11 Å². The highest BCUT2D eigenvalue weighted by Gasteiger charge is 2.03. The number of ether oxygens (including phenoxy) is 1. The minimum absolute atomic E-state index is 0.324. The summed E-state index contributed by atoms with van der Waals surface area (Å²) in [6, 6.07) is 16.0. The molecule has 0 saturated heterocycles. The van der Waals surface area contributed by atoms with Crippen LogP contribution in [0, 0.1) is 0 Å². The van der Waals surface area contributed by atoms with Crippen molar-refractivity contribution in [3.05, 3.63) is 59.7 Å². The molecule has 0 aliphatic rings. The van der Waals surface area contributed by atoms with Gasteiger partial charge in [-0.05, 0) is 55.2 Å². The summed E-state index contributed by atoms with van der Waals surface area (Å²) in [7, 11) is 1.68. The van der Waals surface area contributed by atoms with E-state index >= 15 is 0 Å². The van der Waals surface area contributed by atoms with Crippen LogP contribution in [0.4, 0.5) is 0 Å². The van der Waals surface area contributed by atoms with Crippen molar-refractivity contribution in [3.63, 3.8) is 0 Å². The average Bonchev–Trinajstić information content (AvgIpc) is 2.53. The van der Waals surface area contributed by atoms with Crippen LogP contribution in [0.5, 0.6) is 11.5 Å². The Balaban J connectivity index is 1.73. The van der Waals surface area contributed by atoms with E-state index in [0.29, 0.717) is 11.8 Å². The molecular weight excluding hydrogens is 262 g/mol. The predicted octanol–water partition coefficient (Wildman–Crippen LogP) is 3.51. The van der Waals surface area contributed by atoms with Crippen LogP contribution in [0.1, 0.15) is 24.5 Å². The number of nitrogens with one attached hydrogen (secondary N) is 1. The first kappa shape index (κ1) is 15.4. The van der Waals surface area contributed by atoms with Crippen molar-refractivity contribution in [2.75, 3.05) is 7.11 Å². The summed E-state index contributed by atoms with van der Waals surface area (Å²) in [4.78, 5) is 0. The third-order valence-electron chi connectivity index (χ3n) is 3.62. The molecule has 0 saturated carbocycles. The van der Waals surface area contributed by atoms with Crippen LogP contribution in [0.25, 0.3) is 0 Å². The maximum Gasteiger partial charge on any atom is 0.118 e. The van der Waals surface area contributed by atoms with E-state index in [1.54, 1.807) is 19.2 Å². The van der Waals surface area contributed by atoms with Gasteiger partial charge >= 0.3 is 0 Å². The Bertz CT molecular complexity index is 534. The number of aromatic hydroxyl groups is 1. The number of benzene rings is 2. The summed E-state index contributed by atoms with van der Waals surface area (Å²) < 4.78 is 5.15. The zero-order valence-electron chi connectivity index (χ0n) is 12.7. The molecule has 2 rings (SSSR count). The molecule has 0 unspecified atom stereocenters. The van der Waals surface area contributed by atoms with E-state index in [0.717, 1.165) is 25.1 Å².